The fourth-order valence-corrected chi connectivity index (χ4v) is 4.00. The second kappa shape index (κ2) is 6.41. The average Bonchev–Trinajstić information content (AvgIpc) is 3.14. The first-order chi connectivity index (χ1) is 12.1. The number of hydrogen-bond acceptors (Lipinski definition) is 3. The van der Waals surface area contributed by atoms with Crippen LogP contribution in [0.3, 0.4) is 0 Å². The maximum Gasteiger partial charge on any atom is 0.289 e. The Kier molecular flexibility index (Phi) is 4.09. The predicted molar refractivity (Wildman–Crippen MR) is 101 cm³/mol. The number of amides is 2. The number of fused-ring (bicyclic) bond motifs is 1. The minimum atomic E-state index is -0.152. The lowest BCUT2D eigenvalue weighted by atomic mass is 10.1. The number of carbonyl (C=O) groups excluding carboxylic acids is 2. The van der Waals surface area contributed by atoms with Gasteiger partial charge in [0.2, 0.25) is 5.91 Å². The third kappa shape index (κ3) is 3.07. The van der Waals surface area contributed by atoms with Crippen molar-refractivity contribution in [3.8, 4) is 0 Å². The van der Waals surface area contributed by atoms with Crippen molar-refractivity contribution in [1.29, 1.82) is 0 Å². The molecular weight excluding hydrogens is 332 g/mol. The van der Waals surface area contributed by atoms with Crippen LogP contribution in [0.4, 0.5) is 4.79 Å². The smallest absolute Gasteiger partial charge is 0.289 e. The van der Waals surface area contributed by atoms with E-state index in [0.717, 1.165) is 34.8 Å². The van der Waals surface area contributed by atoms with Gasteiger partial charge < -0.3 is 4.57 Å². The van der Waals surface area contributed by atoms with Gasteiger partial charge in [0.15, 0.2) is 0 Å². The number of benzene rings is 2. The van der Waals surface area contributed by atoms with Crippen LogP contribution in [0.2, 0.25) is 0 Å². The van der Waals surface area contributed by atoms with E-state index in [1.54, 1.807) is 0 Å². The SMILES string of the molecule is Cc1cccc(Cn2ccc3c(CN4C(=O)CSC4=O)cccc32)c1. The van der Waals surface area contributed by atoms with Gasteiger partial charge in [-0.3, -0.25) is 14.5 Å². The first-order valence-electron chi connectivity index (χ1n) is 8.21. The van der Waals surface area contributed by atoms with E-state index in [9.17, 15) is 9.59 Å². The van der Waals surface area contributed by atoms with Crippen LogP contribution in [0, 0.1) is 6.92 Å². The van der Waals surface area contributed by atoms with Crippen LogP contribution < -0.4 is 0 Å². The van der Waals surface area contributed by atoms with Gasteiger partial charge in [-0.1, -0.05) is 53.7 Å². The number of hydrogen-bond donors (Lipinski definition) is 0. The molecule has 1 fully saturated rings. The van der Waals surface area contributed by atoms with E-state index < -0.39 is 0 Å². The van der Waals surface area contributed by atoms with E-state index in [0.29, 0.717) is 6.54 Å². The number of rotatable bonds is 4. The van der Waals surface area contributed by atoms with Crippen LogP contribution in [0.15, 0.2) is 54.7 Å². The molecule has 0 spiro atoms. The maximum atomic E-state index is 11.9. The molecule has 1 aliphatic heterocycles. The first kappa shape index (κ1) is 16.0. The molecule has 3 aromatic rings. The van der Waals surface area contributed by atoms with E-state index in [2.05, 4.69) is 54.1 Å². The molecule has 1 aromatic heterocycles. The lowest BCUT2D eigenvalue weighted by Gasteiger charge is -2.14. The molecule has 0 bridgehead atoms. The van der Waals surface area contributed by atoms with Gasteiger partial charge in [-0.05, 0) is 30.2 Å². The van der Waals surface area contributed by atoms with Crippen LogP contribution in [0.1, 0.15) is 16.7 Å². The molecule has 126 valence electrons. The molecule has 2 heterocycles. The fourth-order valence-electron chi connectivity index (χ4n) is 3.27. The van der Waals surface area contributed by atoms with Gasteiger partial charge in [0.05, 0.1) is 12.3 Å². The summed E-state index contributed by atoms with van der Waals surface area (Å²) in [4.78, 5) is 25.1. The monoisotopic (exact) mass is 350 g/mol. The van der Waals surface area contributed by atoms with E-state index in [4.69, 9.17) is 0 Å². The Morgan fingerprint density at radius 3 is 2.64 bits per heavy atom. The van der Waals surface area contributed by atoms with E-state index in [1.165, 1.54) is 16.0 Å². The molecule has 4 nitrogen and oxygen atoms in total. The highest BCUT2D eigenvalue weighted by molar-refractivity contribution is 8.14. The lowest BCUT2D eigenvalue weighted by molar-refractivity contribution is -0.124. The zero-order valence-electron chi connectivity index (χ0n) is 13.9. The Labute approximate surface area is 150 Å². The van der Waals surface area contributed by atoms with Crippen LogP contribution >= 0.6 is 11.8 Å². The summed E-state index contributed by atoms with van der Waals surface area (Å²) in [6.07, 6.45) is 2.07. The molecule has 25 heavy (non-hydrogen) atoms. The first-order valence-corrected chi connectivity index (χ1v) is 9.20. The van der Waals surface area contributed by atoms with E-state index in [-0.39, 0.29) is 16.9 Å². The highest BCUT2D eigenvalue weighted by atomic mass is 32.2. The number of aryl methyl sites for hydroxylation is 1. The van der Waals surface area contributed by atoms with Crippen molar-refractivity contribution in [1.82, 2.24) is 9.47 Å². The number of carbonyl (C=O) groups is 2. The van der Waals surface area contributed by atoms with E-state index in [1.807, 2.05) is 12.1 Å². The highest BCUT2D eigenvalue weighted by Crippen LogP contribution is 2.26. The van der Waals surface area contributed by atoms with Crippen molar-refractivity contribution in [2.24, 2.45) is 0 Å². The Hall–Kier alpha value is -2.53. The Balaban J connectivity index is 1.66. The quantitative estimate of drug-likeness (QED) is 0.708. The largest absolute Gasteiger partial charge is 0.343 e. The van der Waals surface area contributed by atoms with Crippen molar-refractivity contribution in [2.45, 2.75) is 20.0 Å². The number of aromatic nitrogens is 1. The summed E-state index contributed by atoms with van der Waals surface area (Å²) in [6, 6.07) is 16.6. The molecule has 0 aliphatic carbocycles. The molecule has 0 unspecified atom stereocenters. The molecule has 2 amide bonds. The number of nitrogens with zero attached hydrogens (tertiary/aromatic N) is 2. The summed E-state index contributed by atoms with van der Waals surface area (Å²) in [7, 11) is 0. The van der Waals surface area contributed by atoms with Crippen molar-refractivity contribution < 1.29 is 9.59 Å². The molecule has 0 N–H and O–H groups in total. The highest BCUT2D eigenvalue weighted by Gasteiger charge is 2.30. The molecule has 5 heteroatoms. The molecule has 1 aliphatic rings. The maximum absolute atomic E-state index is 11.9. The number of imide groups is 1. The van der Waals surface area contributed by atoms with Gasteiger partial charge in [0.25, 0.3) is 5.24 Å². The van der Waals surface area contributed by atoms with Gasteiger partial charge in [0, 0.05) is 23.6 Å². The molecule has 2 aromatic carbocycles. The summed E-state index contributed by atoms with van der Waals surface area (Å²) < 4.78 is 2.20. The summed E-state index contributed by atoms with van der Waals surface area (Å²) in [5.41, 5.74) is 4.62. The van der Waals surface area contributed by atoms with E-state index >= 15 is 0 Å². The molecule has 0 atom stereocenters. The third-order valence-corrected chi connectivity index (χ3v) is 5.37. The fraction of sp³-hybridized carbons (Fsp3) is 0.200. The Morgan fingerprint density at radius 1 is 1.04 bits per heavy atom. The minimum absolute atomic E-state index is 0.105. The molecule has 4 rings (SSSR count). The molecule has 0 radical (unpaired) electrons. The summed E-state index contributed by atoms with van der Waals surface area (Å²) in [5, 5.41) is 0.939. The van der Waals surface area contributed by atoms with Gasteiger partial charge in [-0.2, -0.15) is 0 Å². The molecular formula is C20H18N2O2S. The van der Waals surface area contributed by atoms with Crippen molar-refractivity contribution in [3.63, 3.8) is 0 Å². The summed E-state index contributed by atoms with van der Waals surface area (Å²) in [6.45, 7) is 3.24. The van der Waals surface area contributed by atoms with Gasteiger partial charge in [0.1, 0.15) is 0 Å². The second-order valence-electron chi connectivity index (χ2n) is 6.32. The summed E-state index contributed by atoms with van der Waals surface area (Å²) >= 11 is 1.08. The van der Waals surface area contributed by atoms with Crippen LogP contribution in [0.25, 0.3) is 10.9 Å². The van der Waals surface area contributed by atoms with Crippen molar-refractivity contribution in [2.75, 3.05) is 5.75 Å². The average molecular weight is 350 g/mol. The Morgan fingerprint density at radius 2 is 1.88 bits per heavy atom. The second-order valence-corrected chi connectivity index (χ2v) is 7.24. The van der Waals surface area contributed by atoms with Crippen LogP contribution in [-0.2, 0) is 17.9 Å². The zero-order chi connectivity index (χ0) is 17.4. The standard InChI is InChI=1S/C20H18N2O2S/c1-14-4-2-5-15(10-14)11-21-9-8-17-16(6-3-7-18(17)21)12-22-19(23)13-25-20(22)24/h2-10H,11-13H2,1H3. The third-order valence-electron chi connectivity index (χ3n) is 4.51. The minimum Gasteiger partial charge on any atom is -0.343 e. The Bertz CT molecular complexity index is 961. The van der Waals surface area contributed by atoms with Gasteiger partial charge >= 0.3 is 0 Å². The molecule has 0 saturated carbocycles. The summed E-state index contributed by atoms with van der Waals surface area (Å²) in [5.74, 6) is 0.148. The van der Waals surface area contributed by atoms with Crippen molar-refractivity contribution in [3.05, 3.63) is 71.4 Å². The lowest BCUT2D eigenvalue weighted by Crippen LogP contribution is -2.27. The van der Waals surface area contributed by atoms with Gasteiger partial charge in [-0.25, -0.2) is 0 Å². The predicted octanol–water partition coefficient (Wildman–Crippen LogP) is 4.19. The number of thioether (sulfide) groups is 1. The topological polar surface area (TPSA) is 42.3 Å². The van der Waals surface area contributed by atoms with Gasteiger partial charge in [-0.15, -0.1) is 0 Å². The van der Waals surface area contributed by atoms with Crippen LogP contribution in [0.5, 0.6) is 0 Å². The normalized spacial score (nSPS) is 14.7. The zero-order valence-corrected chi connectivity index (χ0v) is 14.8. The van der Waals surface area contributed by atoms with Crippen molar-refractivity contribution >= 4 is 33.8 Å². The van der Waals surface area contributed by atoms with Crippen LogP contribution in [-0.4, -0.2) is 26.4 Å². The molecule has 1 saturated heterocycles.